The second-order valence-electron chi connectivity index (χ2n) is 6.16. The predicted octanol–water partition coefficient (Wildman–Crippen LogP) is 3.66. The number of rotatable bonds is 6. The van der Waals surface area contributed by atoms with Gasteiger partial charge in [0.05, 0.1) is 6.33 Å². The molecule has 0 saturated carbocycles. The third-order valence-corrected chi connectivity index (χ3v) is 3.99. The van der Waals surface area contributed by atoms with Crippen LogP contribution in [0.5, 0.6) is 0 Å². The van der Waals surface area contributed by atoms with Crippen LogP contribution in [0.3, 0.4) is 0 Å². The quantitative estimate of drug-likeness (QED) is 0.527. The molecule has 28 heavy (non-hydrogen) atoms. The largest absolute Gasteiger partial charge is 0.336 e. The smallest absolute Gasteiger partial charge is 0.323 e. The van der Waals surface area contributed by atoms with Crippen LogP contribution in [0.1, 0.15) is 5.56 Å². The lowest BCUT2D eigenvalue weighted by molar-refractivity contribution is 0.251. The molecule has 8 nitrogen and oxygen atoms in total. The van der Waals surface area contributed by atoms with Crippen LogP contribution >= 0.6 is 0 Å². The van der Waals surface area contributed by atoms with E-state index >= 15 is 0 Å². The molecule has 3 aromatic rings. The van der Waals surface area contributed by atoms with Crippen molar-refractivity contribution in [3.63, 3.8) is 0 Å². The van der Waals surface area contributed by atoms with E-state index in [1.54, 1.807) is 36.8 Å². The molecule has 0 bridgehead atoms. The Labute approximate surface area is 163 Å². The number of nitrogens with one attached hydrogen (secondary N) is 4. The molecule has 0 saturated heterocycles. The van der Waals surface area contributed by atoms with Crippen molar-refractivity contribution in [3.8, 4) is 0 Å². The number of aromatic nitrogens is 2. The summed E-state index contributed by atoms with van der Waals surface area (Å²) in [6, 6.07) is 13.8. The second-order valence-corrected chi connectivity index (χ2v) is 6.16. The minimum atomic E-state index is -0.356. The maximum Gasteiger partial charge on any atom is 0.323 e. The average molecular weight is 378 g/mol. The van der Waals surface area contributed by atoms with E-state index in [0.29, 0.717) is 30.2 Å². The highest BCUT2D eigenvalue weighted by Gasteiger charge is 2.08. The summed E-state index contributed by atoms with van der Waals surface area (Å²) in [5.41, 5.74) is 2.78. The number of carbonyl (C=O) groups excluding carboxylic acids is 2. The monoisotopic (exact) mass is 378 g/mol. The van der Waals surface area contributed by atoms with Crippen molar-refractivity contribution in [2.24, 2.45) is 0 Å². The second kappa shape index (κ2) is 9.22. The van der Waals surface area contributed by atoms with Gasteiger partial charge in [-0.3, -0.25) is 0 Å². The SMILES string of the molecule is Cc1ccc(NC(=O)Nc2ccccc2)cc1NC(=O)NCCn1ccnc1. The maximum absolute atomic E-state index is 12.1. The summed E-state index contributed by atoms with van der Waals surface area (Å²) in [6.45, 7) is 2.99. The highest BCUT2D eigenvalue weighted by atomic mass is 16.2. The lowest BCUT2D eigenvalue weighted by atomic mass is 10.2. The summed E-state index contributed by atoms with van der Waals surface area (Å²) in [5.74, 6) is 0. The normalized spacial score (nSPS) is 10.2. The van der Waals surface area contributed by atoms with Gasteiger partial charge in [0.1, 0.15) is 0 Å². The van der Waals surface area contributed by atoms with Crippen molar-refractivity contribution in [1.82, 2.24) is 14.9 Å². The molecular formula is C20H22N6O2. The molecule has 0 aliphatic rings. The fourth-order valence-corrected chi connectivity index (χ4v) is 2.53. The number of aryl methyl sites for hydroxylation is 1. The highest BCUT2D eigenvalue weighted by molar-refractivity contribution is 6.00. The third kappa shape index (κ3) is 5.60. The predicted molar refractivity (Wildman–Crippen MR) is 110 cm³/mol. The molecule has 3 rings (SSSR count). The van der Waals surface area contributed by atoms with Crippen LogP contribution < -0.4 is 21.3 Å². The number of para-hydroxylation sites is 1. The van der Waals surface area contributed by atoms with Crippen molar-refractivity contribution in [2.75, 3.05) is 22.5 Å². The van der Waals surface area contributed by atoms with E-state index in [9.17, 15) is 9.59 Å². The number of imidazole rings is 1. The molecule has 0 unspecified atom stereocenters. The first kappa shape index (κ1) is 19.0. The number of hydrogen-bond acceptors (Lipinski definition) is 3. The molecule has 0 spiro atoms. The molecule has 2 aromatic carbocycles. The van der Waals surface area contributed by atoms with Crippen LogP contribution in [0.15, 0.2) is 67.3 Å². The molecule has 1 heterocycles. The molecule has 4 N–H and O–H groups in total. The van der Waals surface area contributed by atoms with Crippen LogP contribution in [-0.4, -0.2) is 28.2 Å². The van der Waals surface area contributed by atoms with Gasteiger partial charge in [0.2, 0.25) is 0 Å². The van der Waals surface area contributed by atoms with Gasteiger partial charge in [0.25, 0.3) is 0 Å². The number of benzene rings is 2. The molecular weight excluding hydrogens is 356 g/mol. The summed E-state index contributed by atoms with van der Waals surface area (Å²) < 4.78 is 1.88. The zero-order valence-electron chi connectivity index (χ0n) is 15.5. The zero-order chi connectivity index (χ0) is 19.8. The Kier molecular flexibility index (Phi) is 6.25. The molecule has 0 radical (unpaired) electrons. The van der Waals surface area contributed by atoms with Gasteiger partial charge in [-0.2, -0.15) is 0 Å². The highest BCUT2D eigenvalue weighted by Crippen LogP contribution is 2.20. The minimum absolute atomic E-state index is 0.311. The van der Waals surface area contributed by atoms with Crippen molar-refractivity contribution in [1.29, 1.82) is 0 Å². The molecule has 1 aromatic heterocycles. The number of amides is 4. The van der Waals surface area contributed by atoms with Crippen LogP contribution in [0.2, 0.25) is 0 Å². The molecule has 144 valence electrons. The molecule has 0 aliphatic carbocycles. The number of urea groups is 2. The minimum Gasteiger partial charge on any atom is -0.336 e. The number of anilines is 3. The Balaban J connectivity index is 1.53. The van der Waals surface area contributed by atoms with E-state index in [4.69, 9.17) is 0 Å². The Morgan fingerprint density at radius 2 is 1.75 bits per heavy atom. The van der Waals surface area contributed by atoms with Crippen LogP contribution in [0.25, 0.3) is 0 Å². The van der Waals surface area contributed by atoms with Crippen molar-refractivity contribution >= 4 is 29.1 Å². The Morgan fingerprint density at radius 3 is 2.50 bits per heavy atom. The van der Waals surface area contributed by atoms with E-state index < -0.39 is 0 Å². The molecule has 4 amide bonds. The first-order valence-electron chi connectivity index (χ1n) is 8.84. The Bertz CT molecular complexity index is 925. The van der Waals surface area contributed by atoms with Gasteiger partial charge >= 0.3 is 12.1 Å². The summed E-state index contributed by atoms with van der Waals surface area (Å²) in [6.07, 6.45) is 5.22. The fourth-order valence-electron chi connectivity index (χ4n) is 2.53. The van der Waals surface area contributed by atoms with Crippen LogP contribution in [0, 0.1) is 6.92 Å². The molecule has 8 heteroatoms. The van der Waals surface area contributed by atoms with Crippen molar-refractivity contribution in [3.05, 3.63) is 72.8 Å². The average Bonchev–Trinajstić information content (AvgIpc) is 3.19. The third-order valence-electron chi connectivity index (χ3n) is 3.99. The van der Waals surface area contributed by atoms with E-state index in [2.05, 4.69) is 26.3 Å². The van der Waals surface area contributed by atoms with Gasteiger partial charge in [-0.15, -0.1) is 0 Å². The van der Waals surface area contributed by atoms with Gasteiger partial charge in [0.15, 0.2) is 0 Å². The van der Waals surface area contributed by atoms with Gasteiger partial charge in [-0.05, 0) is 36.8 Å². The molecule has 0 atom stereocenters. The zero-order valence-corrected chi connectivity index (χ0v) is 15.5. The Hall–Kier alpha value is -3.81. The topological polar surface area (TPSA) is 100 Å². The van der Waals surface area contributed by atoms with E-state index in [-0.39, 0.29) is 12.1 Å². The summed E-state index contributed by atoms with van der Waals surface area (Å²) in [7, 11) is 0. The lowest BCUT2D eigenvalue weighted by Gasteiger charge is -2.13. The van der Waals surface area contributed by atoms with E-state index in [1.165, 1.54) is 0 Å². The van der Waals surface area contributed by atoms with Crippen LogP contribution in [0.4, 0.5) is 26.7 Å². The molecule has 0 fully saturated rings. The van der Waals surface area contributed by atoms with Gasteiger partial charge in [-0.25, -0.2) is 14.6 Å². The summed E-state index contributed by atoms with van der Waals surface area (Å²) >= 11 is 0. The van der Waals surface area contributed by atoms with Crippen LogP contribution in [-0.2, 0) is 6.54 Å². The molecule has 0 aliphatic heterocycles. The van der Waals surface area contributed by atoms with E-state index in [1.807, 2.05) is 42.0 Å². The lowest BCUT2D eigenvalue weighted by Crippen LogP contribution is -2.31. The number of hydrogen-bond donors (Lipinski definition) is 4. The number of nitrogens with zero attached hydrogens (tertiary/aromatic N) is 2. The number of carbonyl (C=O) groups is 2. The standard InChI is InChI=1S/C20H22N6O2/c1-15-7-8-17(24-20(28)23-16-5-3-2-4-6-16)13-18(15)25-19(27)22-10-12-26-11-9-21-14-26/h2-9,11,13-14H,10,12H2,1H3,(H2,22,25,27)(H2,23,24,28). The first-order chi connectivity index (χ1) is 13.6. The summed E-state index contributed by atoms with van der Waals surface area (Å²) in [5, 5.41) is 11.1. The summed E-state index contributed by atoms with van der Waals surface area (Å²) in [4.78, 5) is 28.2. The van der Waals surface area contributed by atoms with Gasteiger partial charge in [0, 0.05) is 42.5 Å². The Morgan fingerprint density at radius 1 is 0.964 bits per heavy atom. The van der Waals surface area contributed by atoms with Gasteiger partial charge in [-0.1, -0.05) is 24.3 Å². The first-order valence-corrected chi connectivity index (χ1v) is 8.84. The van der Waals surface area contributed by atoms with E-state index in [0.717, 1.165) is 5.56 Å². The maximum atomic E-state index is 12.1. The fraction of sp³-hybridized carbons (Fsp3) is 0.150. The van der Waals surface area contributed by atoms with Gasteiger partial charge < -0.3 is 25.8 Å². The van der Waals surface area contributed by atoms with Crippen molar-refractivity contribution < 1.29 is 9.59 Å². The van der Waals surface area contributed by atoms with Crippen molar-refractivity contribution in [2.45, 2.75) is 13.5 Å².